The fraction of sp³-hybridized carbons (Fsp3) is 0.538. The third-order valence-electron chi connectivity index (χ3n) is 2.55. The molecule has 0 heterocycles. The van der Waals surface area contributed by atoms with E-state index in [0.29, 0.717) is 18.8 Å². The molecule has 0 unspecified atom stereocenters. The lowest BCUT2D eigenvalue weighted by molar-refractivity contribution is 0.600. The van der Waals surface area contributed by atoms with Crippen molar-refractivity contribution in [3.05, 3.63) is 29.8 Å². The molecule has 0 saturated carbocycles. The maximum atomic E-state index is 11.0. The molecule has 102 valence electrons. The van der Waals surface area contributed by atoms with Gasteiger partial charge in [0.15, 0.2) is 0 Å². The van der Waals surface area contributed by atoms with Gasteiger partial charge in [-0.2, -0.15) is 0 Å². The molecular formula is C13H20ClNO2S. The van der Waals surface area contributed by atoms with E-state index >= 15 is 0 Å². The molecule has 0 aromatic heterocycles. The van der Waals surface area contributed by atoms with E-state index in [0.717, 1.165) is 18.5 Å². The molecule has 0 fully saturated rings. The van der Waals surface area contributed by atoms with Crippen molar-refractivity contribution in [3.63, 3.8) is 0 Å². The number of sulfone groups is 1. The summed E-state index contributed by atoms with van der Waals surface area (Å²) in [5.74, 6) is 0.901. The van der Waals surface area contributed by atoms with Crippen molar-refractivity contribution in [3.8, 4) is 0 Å². The Morgan fingerprint density at radius 1 is 1.28 bits per heavy atom. The Morgan fingerprint density at radius 3 is 2.72 bits per heavy atom. The number of anilines is 1. The lowest BCUT2D eigenvalue weighted by atomic mass is 10.1. The van der Waals surface area contributed by atoms with Gasteiger partial charge in [-0.3, -0.25) is 0 Å². The number of alkyl halides is 1. The molecule has 0 radical (unpaired) electrons. The van der Waals surface area contributed by atoms with Gasteiger partial charge in [0, 0.05) is 24.4 Å². The van der Waals surface area contributed by atoms with Crippen LogP contribution in [0, 0.1) is 0 Å². The Hall–Kier alpha value is -0.740. The van der Waals surface area contributed by atoms with Crippen LogP contribution < -0.4 is 5.32 Å². The van der Waals surface area contributed by atoms with E-state index in [-0.39, 0.29) is 5.75 Å². The molecule has 1 rings (SSSR count). The highest BCUT2D eigenvalue weighted by Crippen LogP contribution is 2.12. The molecule has 0 aliphatic carbocycles. The third kappa shape index (κ3) is 6.87. The van der Waals surface area contributed by atoms with E-state index in [1.54, 1.807) is 0 Å². The Morgan fingerprint density at radius 2 is 2.06 bits per heavy atom. The van der Waals surface area contributed by atoms with Crippen LogP contribution >= 0.6 is 11.6 Å². The summed E-state index contributed by atoms with van der Waals surface area (Å²) < 4.78 is 21.9. The van der Waals surface area contributed by atoms with Crippen LogP contribution in [0.1, 0.15) is 18.4 Å². The molecule has 0 aliphatic rings. The van der Waals surface area contributed by atoms with Gasteiger partial charge in [-0.25, -0.2) is 8.42 Å². The van der Waals surface area contributed by atoms with Crippen LogP contribution in [0.2, 0.25) is 0 Å². The van der Waals surface area contributed by atoms with Gasteiger partial charge in [-0.1, -0.05) is 12.1 Å². The molecule has 0 bridgehead atoms. The van der Waals surface area contributed by atoms with E-state index in [1.807, 2.05) is 12.1 Å². The summed E-state index contributed by atoms with van der Waals surface area (Å²) in [6.07, 6.45) is 3.84. The quantitative estimate of drug-likeness (QED) is 0.591. The van der Waals surface area contributed by atoms with Crippen molar-refractivity contribution in [1.82, 2.24) is 0 Å². The van der Waals surface area contributed by atoms with Crippen molar-refractivity contribution in [2.45, 2.75) is 19.3 Å². The molecule has 0 saturated heterocycles. The minimum atomic E-state index is -2.85. The molecule has 1 N–H and O–H groups in total. The summed E-state index contributed by atoms with van der Waals surface area (Å²) in [5.41, 5.74) is 2.29. The van der Waals surface area contributed by atoms with Gasteiger partial charge in [0.2, 0.25) is 0 Å². The van der Waals surface area contributed by atoms with E-state index in [2.05, 4.69) is 17.4 Å². The first-order valence-corrected chi connectivity index (χ1v) is 8.67. The highest BCUT2D eigenvalue weighted by Gasteiger charge is 2.01. The fourth-order valence-electron chi connectivity index (χ4n) is 1.67. The van der Waals surface area contributed by atoms with Crippen LogP contribution in [0.5, 0.6) is 0 Å². The van der Waals surface area contributed by atoms with E-state index in [4.69, 9.17) is 11.6 Å². The number of hydrogen-bond acceptors (Lipinski definition) is 3. The van der Waals surface area contributed by atoms with Crippen LogP contribution in [-0.2, 0) is 16.3 Å². The molecular weight excluding hydrogens is 270 g/mol. The number of hydrogen-bond donors (Lipinski definition) is 1. The van der Waals surface area contributed by atoms with Crippen molar-refractivity contribution >= 4 is 27.1 Å². The maximum absolute atomic E-state index is 11.0. The zero-order valence-corrected chi connectivity index (χ0v) is 12.2. The highest BCUT2D eigenvalue weighted by molar-refractivity contribution is 7.90. The number of benzene rings is 1. The van der Waals surface area contributed by atoms with Crippen molar-refractivity contribution in [2.24, 2.45) is 0 Å². The number of nitrogens with one attached hydrogen (secondary N) is 1. The van der Waals surface area contributed by atoms with Crippen LogP contribution in [0.3, 0.4) is 0 Å². The lowest BCUT2D eigenvalue weighted by Crippen LogP contribution is -2.09. The molecule has 5 heteroatoms. The van der Waals surface area contributed by atoms with E-state index in [9.17, 15) is 8.42 Å². The van der Waals surface area contributed by atoms with Gasteiger partial charge in [-0.15, -0.1) is 11.6 Å². The van der Waals surface area contributed by atoms with Crippen molar-refractivity contribution < 1.29 is 8.42 Å². The topological polar surface area (TPSA) is 46.2 Å². The van der Waals surface area contributed by atoms with E-state index < -0.39 is 9.84 Å². The maximum Gasteiger partial charge on any atom is 0.147 e. The highest BCUT2D eigenvalue weighted by atomic mass is 35.5. The Balaban J connectivity index is 2.38. The normalized spacial score (nSPS) is 11.4. The molecule has 0 aliphatic heterocycles. The van der Waals surface area contributed by atoms with Crippen LogP contribution in [0.25, 0.3) is 0 Å². The summed E-state index contributed by atoms with van der Waals surface area (Å²) in [6.45, 7) is 0.673. The summed E-state index contributed by atoms with van der Waals surface area (Å²) >= 11 is 5.66. The lowest BCUT2D eigenvalue weighted by Gasteiger charge is -2.07. The second-order valence-electron chi connectivity index (χ2n) is 4.40. The molecule has 1 aromatic rings. The van der Waals surface area contributed by atoms with Gasteiger partial charge in [0.25, 0.3) is 0 Å². The monoisotopic (exact) mass is 289 g/mol. The molecule has 18 heavy (non-hydrogen) atoms. The SMILES string of the molecule is CS(=O)(=O)CCCNc1cccc(CCCCl)c1. The third-order valence-corrected chi connectivity index (χ3v) is 3.84. The molecule has 3 nitrogen and oxygen atoms in total. The fourth-order valence-corrected chi connectivity index (χ4v) is 2.48. The Kier molecular flexibility index (Phi) is 6.50. The predicted molar refractivity (Wildman–Crippen MR) is 78.3 cm³/mol. The second-order valence-corrected chi connectivity index (χ2v) is 7.04. The summed E-state index contributed by atoms with van der Waals surface area (Å²) in [5, 5.41) is 3.24. The van der Waals surface area contributed by atoms with Gasteiger partial charge < -0.3 is 5.32 Å². The smallest absolute Gasteiger partial charge is 0.147 e. The average molecular weight is 290 g/mol. The van der Waals surface area contributed by atoms with Gasteiger partial charge >= 0.3 is 0 Å². The Bertz CT molecular complexity index is 460. The summed E-state index contributed by atoms with van der Waals surface area (Å²) in [7, 11) is -2.85. The first-order chi connectivity index (χ1) is 8.51. The van der Waals surface area contributed by atoms with Crippen LogP contribution in [0.15, 0.2) is 24.3 Å². The van der Waals surface area contributed by atoms with Gasteiger partial charge in [0.05, 0.1) is 5.75 Å². The minimum Gasteiger partial charge on any atom is -0.385 e. The predicted octanol–water partition coefficient (Wildman–Crippen LogP) is 2.70. The summed E-state index contributed by atoms with van der Waals surface area (Å²) in [4.78, 5) is 0. The number of aryl methyl sites for hydroxylation is 1. The largest absolute Gasteiger partial charge is 0.385 e. The second kappa shape index (κ2) is 7.64. The van der Waals surface area contributed by atoms with E-state index in [1.165, 1.54) is 11.8 Å². The van der Waals surface area contributed by atoms with Gasteiger partial charge in [-0.05, 0) is 37.0 Å². The summed E-state index contributed by atoms with van der Waals surface area (Å²) in [6, 6.07) is 8.16. The number of rotatable bonds is 8. The number of halogens is 1. The first kappa shape index (κ1) is 15.3. The molecule has 1 aromatic carbocycles. The zero-order valence-electron chi connectivity index (χ0n) is 10.7. The van der Waals surface area contributed by atoms with Crippen molar-refractivity contribution in [1.29, 1.82) is 0 Å². The van der Waals surface area contributed by atoms with Gasteiger partial charge in [0.1, 0.15) is 9.84 Å². The Labute approximate surface area is 114 Å². The molecule has 0 spiro atoms. The van der Waals surface area contributed by atoms with Crippen molar-refractivity contribution in [2.75, 3.05) is 29.8 Å². The molecule has 0 amide bonds. The minimum absolute atomic E-state index is 0.228. The zero-order chi connectivity index (χ0) is 13.4. The molecule has 0 atom stereocenters. The standard InChI is InChI=1S/C13H20ClNO2S/c1-18(16,17)10-4-9-15-13-7-2-5-12(11-13)6-3-8-14/h2,5,7,11,15H,3-4,6,8-10H2,1H3. The first-order valence-electron chi connectivity index (χ1n) is 6.08. The average Bonchev–Trinajstić information content (AvgIpc) is 2.31. The van der Waals surface area contributed by atoms with Crippen LogP contribution in [-0.4, -0.2) is 32.9 Å². The van der Waals surface area contributed by atoms with Crippen LogP contribution in [0.4, 0.5) is 5.69 Å².